The third-order valence-electron chi connectivity index (χ3n) is 5.63. The SMILES string of the molecule is COc1ccc(Oc2ccc(Cl)cc2NC(=O)CCc2c(C)nc(N3CCOCC3)[nH]c2=O)cc1. The number of H-pyrrole nitrogens is 1. The van der Waals surface area contributed by atoms with Crippen LogP contribution < -0.4 is 25.2 Å². The number of aromatic amines is 1. The highest BCUT2D eigenvalue weighted by atomic mass is 35.5. The van der Waals surface area contributed by atoms with E-state index in [4.69, 9.17) is 25.8 Å². The number of aryl methyl sites for hydroxylation is 1. The molecule has 1 aliphatic heterocycles. The van der Waals surface area contributed by atoms with Crippen molar-refractivity contribution in [1.29, 1.82) is 0 Å². The van der Waals surface area contributed by atoms with Crippen molar-refractivity contribution < 1.29 is 19.0 Å². The van der Waals surface area contributed by atoms with E-state index in [1.165, 1.54) is 0 Å². The molecule has 1 amide bonds. The normalized spacial score (nSPS) is 13.4. The molecule has 0 atom stereocenters. The fourth-order valence-corrected chi connectivity index (χ4v) is 3.90. The Morgan fingerprint density at radius 3 is 2.57 bits per heavy atom. The maximum Gasteiger partial charge on any atom is 0.255 e. The summed E-state index contributed by atoms with van der Waals surface area (Å²) in [7, 11) is 1.59. The van der Waals surface area contributed by atoms with E-state index in [2.05, 4.69) is 15.3 Å². The van der Waals surface area contributed by atoms with Crippen LogP contribution in [0.2, 0.25) is 5.02 Å². The van der Waals surface area contributed by atoms with Crippen LogP contribution >= 0.6 is 11.6 Å². The van der Waals surface area contributed by atoms with Crippen molar-refractivity contribution in [2.24, 2.45) is 0 Å². The number of rotatable bonds is 8. The number of methoxy groups -OCH3 is 1. The van der Waals surface area contributed by atoms with Crippen molar-refractivity contribution in [1.82, 2.24) is 9.97 Å². The minimum absolute atomic E-state index is 0.0942. The standard InChI is InChI=1S/C25H27ClN4O5/c1-16-20(24(32)29-25(27-16)30-11-13-34-14-12-30)8-10-23(31)28-21-15-17(26)3-9-22(21)35-19-6-4-18(33-2)5-7-19/h3-7,9,15H,8,10-14H2,1-2H3,(H,28,31)(H,27,29,32). The van der Waals surface area contributed by atoms with Crippen LogP contribution in [0.5, 0.6) is 17.2 Å². The van der Waals surface area contributed by atoms with Crippen molar-refractivity contribution >= 4 is 29.1 Å². The smallest absolute Gasteiger partial charge is 0.255 e. The zero-order valence-electron chi connectivity index (χ0n) is 19.6. The number of aromatic nitrogens is 2. The molecule has 0 aliphatic carbocycles. The van der Waals surface area contributed by atoms with Crippen molar-refractivity contribution in [2.75, 3.05) is 43.6 Å². The van der Waals surface area contributed by atoms with Gasteiger partial charge in [-0.1, -0.05) is 11.6 Å². The first-order chi connectivity index (χ1) is 16.9. The lowest BCUT2D eigenvalue weighted by Crippen LogP contribution is -2.38. The van der Waals surface area contributed by atoms with Crippen LogP contribution in [0.15, 0.2) is 47.3 Å². The fourth-order valence-electron chi connectivity index (χ4n) is 3.73. The average molecular weight is 499 g/mol. The maximum absolute atomic E-state index is 12.7. The molecule has 0 saturated carbocycles. The molecule has 0 unspecified atom stereocenters. The van der Waals surface area contributed by atoms with Crippen molar-refractivity contribution in [3.05, 3.63) is 69.1 Å². The van der Waals surface area contributed by atoms with E-state index < -0.39 is 0 Å². The van der Waals surface area contributed by atoms with Crippen molar-refractivity contribution in [3.63, 3.8) is 0 Å². The van der Waals surface area contributed by atoms with Crippen molar-refractivity contribution in [2.45, 2.75) is 19.8 Å². The molecule has 184 valence electrons. The van der Waals surface area contributed by atoms with Gasteiger partial charge < -0.3 is 24.4 Å². The van der Waals surface area contributed by atoms with Gasteiger partial charge >= 0.3 is 0 Å². The first-order valence-corrected chi connectivity index (χ1v) is 11.6. The zero-order valence-corrected chi connectivity index (χ0v) is 20.4. The molecule has 2 N–H and O–H groups in total. The summed E-state index contributed by atoms with van der Waals surface area (Å²) in [6, 6.07) is 12.1. The molecule has 2 heterocycles. The largest absolute Gasteiger partial charge is 0.497 e. The lowest BCUT2D eigenvalue weighted by molar-refractivity contribution is -0.116. The fraction of sp³-hybridized carbons (Fsp3) is 0.320. The van der Waals surface area contributed by atoms with Gasteiger partial charge in [0.1, 0.15) is 11.5 Å². The van der Waals surface area contributed by atoms with Gasteiger partial charge in [0.05, 0.1) is 26.0 Å². The quantitative estimate of drug-likeness (QED) is 0.484. The maximum atomic E-state index is 12.7. The molecule has 10 heteroatoms. The molecule has 35 heavy (non-hydrogen) atoms. The number of hydrogen-bond acceptors (Lipinski definition) is 7. The number of carbonyl (C=O) groups is 1. The summed E-state index contributed by atoms with van der Waals surface area (Å²) in [5.41, 5.74) is 1.29. The van der Waals surface area contributed by atoms with Gasteiger partial charge in [-0.25, -0.2) is 4.98 Å². The molecule has 1 saturated heterocycles. The Hall–Kier alpha value is -3.56. The van der Waals surface area contributed by atoms with Gasteiger partial charge in [0.15, 0.2) is 5.75 Å². The summed E-state index contributed by atoms with van der Waals surface area (Å²) in [5.74, 6) is 1.99. The van der Waals surface area contributed by atoms with Gasteiger partial charge in [-0.3, -0.25) is 14.6 Å². The summed E-state index contributed by atoms with van der Waals surface area (Å²) >= 11 is 6.15. The molecule has 0 spiro atoms. The summed E-state index contributed by atoms with van der Waals surface area (Å²) in [6.07, 6.45) is 0.343. The summed E-state index contributed by atoms with van der Waals surface area (Å²) in [4.78, 5) is 34.8. The van der Waals surface area contributed by atoms with E-state index in [1.54, 1.807) is 56.5 Å². The molecule has 0 bridgehead atoms. The molecule has 4 rings (SSSR count). The summed E-state index contributed by atoms with van der Waals surface area (Å²) < 4.78 is 16.4. The van der Waals surface area contributed by atoms with Crippen LogP contribution in [0.1, 0.15) is 17.7 Å². The number of anilines is 2. The van der Waals surface area contributed by atoms with Gasteiger partial charge in [0.25, 0.3) is 5.56 Å². The molecule has 1 aliphatic rings. The van der Waals surface area contributed by atoms with E-state index in [9.17, 15) is 9.59 Å². The second kappa shape index (κ2) is 11.2. The van der Waals surface area contributed by atoms with Crippen LogP contribution in [0, 0.1) is 6.92 Å². The molecule has 2 aromatic carbocycles. The monoisotopic (exact) mass is 498 g/mol. The minimum atomic E-state index is -0.275. The first-order valence-electron chi connectivity index (χ1n) is 11.3. The highest BCUT2D eigenvalue weighted by Gasteiger charge is 2.17. The van der Waals surface area contributed by atoms with E-state index in [0.29, 0.717) is 71.5 Å². The number of morpholine rings is 1. The number of carbonyl (C=O) groups excluding carboxylic acids is 1. The van der Waals surface area contributed by atoms with Crippen LogP contribution in [-0.2, 0) is 16.0 Å². The second-order valence-electron chi connectivity index (χ2n) is 8.02. The lowest BCUT2D eigenvalue weighted by atomic mass is 10.1. The molecule has 1 fully saturated rings. The van der Waals surface area contributed by atoms with Gasteiger partial charge in [-0.15, -0.1) is 0 Å². The topological polar surface area (TPSA) is 106 Å². The molecule has 0 radical (unpaired) electrons. The Bertz CT molecular complexity index is 1240. The van der Waals surface area contributed by atoms with Crippen LogP contribution in [-0.4, -0.2) is 49.3 Å². The van der Waals surface area contributed by atoms with E-state index in [1.807, 2.05) is 4.90 Å². The Morgan fingerprint density at radius 1 is 1.17 bits per heavy atom. The van der Waals surface area contributed by atoms with Crippen LogP contribution in [0.4, 0.5) is 11.6 Å². The van der Waals surface area contributed by atoms with Crippen molar-refractivity contribution in [3.8, 4) is 17.2 Å². The summed E-state index contributed by atoms with van der Waals surface area (Å²) in [6.45, 7) is 4.32. The third-order valence-corrected chi connectivity index (χ3v) is 5.86. The summed E-state index contributed by atoms with van der Waals surface area (Å²) in [5, 5.41) is 3.29. The molecular formula is C25H27ClN4O5. The number of ether oxygens (including phenoxy) is 3. The Morgan fingerprint density at radius 2 is 1.89 bits per heavy atom. The highest BCUT2D eigenvalue weighted by Crippen LogP contribution is 2.33. The zero-order chi connectivity index (χ0) is 24.8. The van der Waals surface area contributed by atoms with Crippen LogP contribution in [0.3, 0.4) is 0 Å². The lowest BCUT2D eigenvalue weighted by Gasteiger charge is -2.27. The Kier molecular flexibility index (Phi) is 7.89. The number of hydrogen-bond donors (Lipinski definition) is 2. The van der Waals surface area contributed by atoms with E-state index >= 15 is 0 Å². The van der Waals surface area contributed by atoms with Gasteiger partial charge in [0, 0.05) is 35.8 Å². The number of amides is 1. The van der Waals surface area contributed by atoms with E-state index in [-0.39, 0.29) is 24.3 Å². The second-order valence-corrected chi connectivity index (χ2v) is 8.46. The molecule has 1 aromatic heterocycles. The number of nitrogens with one attached hydrogen (secondary N) is 2. The number of halogens is 1. The van der Waals surface area contributed by atoms with Gasteiger partial charge in [0.2, 0.25) is 11.9 Å². The Labute approximate surface area is 208 Å². The average Bonchev–Trinajstić information content (AvgIpc) is 2.86. The van der Waals surface area contributed by atoms with Gasteiger partial charge in [-0.05, 0) is 55.8 Å². The molecule has 3 aromatic rings. The predicted octanol–water partition coefficient (Wildman–Crippen LogP) is 3.94. The highest BCUT2D eigenvalue weighted by molar-refractivity contribution is 6.31. The number of nitrogens with zero attached hydrogens (tertiary/aromatic N) is 2. The number of benzene rings is 2. The third kappa shape index (κ3) is 6.32. The first kappa shape index (κ1) is 24.6. The minimum Gasteiger partial charge on any atom is -0.497 e. The Balaban J connectivity index is 1.42. The van der Waals surface area contributed by atoms with E-state index in [0.717, 1.165) is 0 Å². The molecular weight excluding hydrogens is 472 g/mol. The van der Waals surface area contributed by atoms with Crippen LogP contribution in [0.25, 0.3) is 0 Å². The molecule has 9 nitrogen and oxygen atoms in total. The predicted molar refractivity (Wildman–Crippen MR) is 134 cm³/mol. The van der Waals surface area contributed by atoms with Gasteiger partial charge in [-0.2, -0.15) is 0 Å².